The maximum Gasteiger partial charge on any atom is 0.401 e. The van der Waals surface area contributed by atoms with E-state index in [1.54, 1.807) is 0 Å². The molecule has 1 saturated heterocycles. The van der Waals surface area contributed by atoms with Crippen LogP contribution in [-0.2, 0) is 0 Å². The van der Waals surface area contributed by atoms with Gasteiger partial charge in [-0.3, -0.25) is 4.90 Å². The van der Waals surface area contributed by atoms with Gasteiger partial charge in [-0.2, -0.15) is 13.2 Å². The number of likely N-dealkylation sites (N-methyl/N-ethyl adjacent to an activating group) is 1. The third-order valence-electron chi connectivity index (χ3n) is 2.47. The Kier molecular flexibility index (Phi) is 3.18. The largest absolute Gasteiger partial charge is 0.401 e. The minimum atomic E-state index is -4.09. The fourth-order valence-corrected chi connectivity index (χ4v) is 1.79. The van der Waals surface area contributed by atoms with Gasteiger partial charge in [0, 0.05) is 12.6 Å². The number of nitrogens with one attached hydrogen (secondary N) is 1. The molecule has 0 aliphatic carbocycles. The van der Waals surface area contributed by atoms with Gasteiger partial charge in [-0.1, -0.05) is 6.92 Å². The summed E-state index contributed by atoms with van der Waals surface area (Å²) in [6.45, 7) is 2.63. The van der Waals surface area contributed by atoms with Gasteiger partial charge in [0.25, 0.3) is 0 Å². The van der Waals surface area contributed by atoms with Crippen LogP contribution in [0.25, 0.3) is 0 Å². The summed E-state index contributed by atoms with van der Waals surface area (Å²) in [5, 5.41) is 3.08. The van der Waals surface area contributed by atoms with Gasteiger partial charge in [-0.05, 0) is 19.5 Å². The first kappa shape index (κ1) is 10.8. The van der Waals surface area contributed by atoms with Gasteiger partial charge in [-0.25, -0.2) is 0 Å². The Balaban J connectivity index is 2.43. The van der Waals surface area contributed by atoms with E-state index in [1.807, 2.05) is 6.92 Å². The lowest BCUT2D eigenvalue weighted by Crippen LogP contribution is -2.42. The van der Waals surface area contributed by atoms with Crippen molar-refractivity contribution in [1.82, 2.24) is 10.2 Å². The summed E-state index contributed by atoms with van der Waals surface area (Å²) in [5.74, 6) is 0.298. The SMILES string of the molecule is CC1CNCC1N(C)CC(F)(F)F. The maximum atomic E-state index is 12.0. The zero-order valence-electron chi connectivity index (χ0n) is 7.86. The van der Waals surface area contributed by atoms with Crippen molar-refractivity contribution < 1.29 is 13.2 Å². The normalized spacial score (nSPS) is 30.0. The van der Waals surface area contributed by atoms with E-state index in [0.717, 1.165) is 6.54 Å². The lowest BCUT2D eigenvalue weighted by Gasteiger charge is -2.27. The fraction of sp³-hybridized carbons (Fsp3) is 1.00. The highest BCUT2D eigenvalue weighted by Crippen LogP contribution is 2.20. The molecule has 0 bridgehead atoms. The summed E-state index contributed by atoms with van der Waals surface area (Å²) in [7, 11) is 1.53. The van der Waals surface area contributed by atoms with Gasteiger partial charge in [0.15, 0.2) is 0 Å². The topological polar surface area (TPSA) is 15.3 Å². The molecule has 0 spiro atoms. The summed E-state index contributed by atoms with van der Waals surface area (Å²) in [6, 6.07) is 0.0154. The molecule has 0 aromatic carbocycles. The third-order valence-corrected chi connectivity index (χ3v) is 2.47. The lowest BCUT2D eigenvalue weighted by molar-refractivity contribution is -0.147. The summed E-state index contributed by atoms with van der Waals surface area (Å²) in [4.78, 5) is 1.38. The van der Waals surface area contributed by atoms with E-state index in [2.05, 4.69) is 5.32 Å². The number of rotatable bonds is 2. The molecule has 1 heterocycles. The van der Waals surface area contributed by atoms with E-state index in [0.29, 0.717) is 12.5 Å². The molecule has 1 aliphatic rings. The molecule has 0 amide bonds. The van der Waals surface area contributed by atoms with E-state index in [1.165, 1.54) is 11.9 Å². The first-order chi connectivity index (χ1) is 5.90. The van der Waals surface area contributed by atoms with Crippen LogP contribution < -0.4 is 5.32 Å². The van der Waals surface area contributed by atoms with Gasteiger partial charge in [-0.15, -0.1) is 0 Å². The van der Waals surface area contributed by atoms with Crippen molar-refractivity contribution in [2.45, 2.75) is 19.1 Å². The minimum absolute atomic E-state index is 0.0154. The molecule has 2 unspecified atom stereocenters. The molecule has 0 radical (unpaired) electrons. The van der Waals surface area contributed by atoms with Crippen LogP contribution in [0.4, 0.5) is 13.2 Å². The van der Waals surface area contributed by atoms with Crippen molar-refractivity contribution in [3.63, 3.8) is 0 Å². The lowest BCUT2D eigenvalue weighted by atomic mass is 10.1. The van der Waals surface area contributed by atoms with E-state index >= 15 is 0 Å². The first-order valence-electron chi connectivity index (χ1n) is 4.38. The molecule has 5 heteroatoms. The second-order valence-electron chi connectivity index (χ2n) is 3.73. The van der Waals surface area contributed by atoms with Gasteiger partial charge in [0.2, 0.25) is 0 Å². The molecule has 2 atom stereocenters. The average Bonchev–Trinajstić information content (AvgIpc) is 2.30. The Labute approximate surface area is 76.1 Å². The molecule has 1 N–H and O–H groups in total. The quantitative estimate of drug-likeness (QED) is 0.711. The predicted molar refractivity (Wildman–Crippen MR) is 44.5 cm³/mol. The molecular weight excluding hydrogens is 181 g/mol. The van der Waals surface area contributed by atoms with Crippen molar-refractivity contribution in [2.75, 3.05) is 26.7 Å². The van der Waals surface area contributed by atoms with Crippen LogP contribution in [0.5, 0.6) is 0 Å². The van der Waals surface area contributed by atoms with Crippen LogP contribution in [0.1, 0.15) is 6.92 Å². The van der Waals surface area contributed by atoms with E-state index in [9.17, 15) is 13.2 Å². The fourth-order valence-electron chi connectivity index (χ4n) is 1.79. The van der Waals surface area contributed by atoms with Crippen LogP contribution in [0.2, 0.25) is 0 Å². The smallest absolute Gasteiger partial charge is 0.315 e. The summed E-state index contributed by atoms with van der Waals surface area (Å²) >= 11 is 0. The predicted octanol–water partition coefficient (Wildman–Crippen LogP) is 1.09. The van der Waals surface area contributed by atoms with Crippen LogP contribution in [0.15, 0.2) is 0 Å². The average molecular weight is 196 g/mol. The Morgan fingerprint density at radius 3 is 2.38 bits per heavy atom. The summed E-state index contributed by atoms with van der Waals surface area (Å²) < 4.78 is 36.1. The monoisotopic (exact) mass is 196 g/mol. The van der Waals surface area contributed by atoms with Crippen molar-refractivity contribution in [3.8, 4) is 0 Å². The molecule has 1 rings (SSSR count). The molecular formula is C8H15F3N2. The van der Waals surface area contributed by atoms with Crippen LogP contribution in [0.3, 0.4) is 0 Å². The minimum Gasteiger partial charge on any atom is -0.315 e. The third kappa shape index (κ3) is 3.15. The highest BCUT2D eigenvalue weighted by molar-refractivity contribution is 4.85. The Morgan fingerprint density at radius 2 is 2.00 bits per heavy atom. The van der Waals surface area contributed by atoms with E-state index < -0.39 is 12.7 Å². The van der Waals surface area contributed by atoms with Crippen molar-refractivity contribution in [2.24, 2.45) is 5.92 Å². The Hall–Kier alpha value is -0.290. The molecule has 0 aromatic heterocycles. The van der Waals surface area contributed by atoms with Crippen LogP contribution in [0, 0.1) is 5.92 Å². The Morgan fingerprint density at radius 1 is 1.38 bits per heavy atom. The highest BCUT2D eigenvalue weighted by atomic mass is 19.4. The molecule has 1 aliphatic heterocycles. The molecule has 13 heavy (non-hydrogen) atoms. The second kappa shape index (κ2) is 3.84. The molecule has 78 valence electrons. The van der Waals surface area contributed by atoms with E-state index in [4.69, 9.17) is 0 Å². The number of halogens is 3. The number of hydrogen-bond donors (Lipinski definition) is 1. The van der Waals surface area contributed by atoms with Crippen molar-refractivity contribution >= 4 is 0 Å². The Bertz CT molecular complexity index is 169. The van der Waals surface area contributed by atoms with Gasteiger partial charge in [0.1, 0.15) is 0 Å². The molecule has 2 nitrogen and oxygen atoms in total. The number of nitrogens with zero attached hydrogens (tertiary/aromatic N) is 1. The van der Waals surface area contributed by atoms with Gasteiger partial charge >= 0.3 is 6.18 Å². The summed E-state index contributed by atoms with van der Waals surface area (Å²) in [6.07, 6.45) is -4.09. The standard InChI is InChI=1S/C8H15F3N2/c1-6-3-12-4-7(6)13(2)5-8(9,10)11/h6-7,12H,3-5H2,1-2H3. The van der Waals surface area contributed by atoms with Crippen LogP contribution >= 0.6 is 0 Å². The second-order valence-corrected chi connectivity index (χ2v) is 3.73. The van der Waals surface area contributed by atoms with E-state index in [-0.39, 0.29) is 6.04 Å². The van der Waals surface area contributed by atoms with Gasteiger partial charge < -0.3 is 5.32 Å². The summed E-state index contributed by atoms with van der Waals surface area (Å²) in [5.41, 5.74) is 0. The van der Waals surface area contributed by atoms with Crippen LogP contribution in [-0.4, -0.2) is 43.8 Å². The zero-order valence-corrected chi connectivity index (χ0v) is 7.86. The number of alkyl halides is 3. The number of hydrogen-bond acceptors (Lipinski definition) is 2. The first-order valence-corrected chi connectivity index (χ1v) is 4.38. The van der Waals surface area contributed by atoms with Crippen molar-refractivity contribution in [1.29, 1.82) is 0 Å². The maximum absolute atomic E-state index is 12.0. The van der Waals surface area contributed by atoms with Gasteiger partial charge in [0.05, 0.1) is 6.54 Å². The molecule has 0 saturated carbocycles. The zero-order chi connectivity index (χ0) is 10.1. The highest BCUT2D eigenvalue weighted by Gasteiger charge is 2.35. The van der Waals surface area contributed by atoms with Crippen molar-refractivity contribution in [3.05, 3.63) is 0 Å². The molecule has 1 fully saturated rings. The molecule has 0 aromatic rings.